The minimum Gasteiger partial charge on any atom is -0.490 e. The average Bonchev–Trinajstić information content (AvgIpc) is 2.36. The third kappa shape index (κ3) is 5.38. The number of rotatable bonds is 7. The molecule has 20 heavy (non-hydrogen) atoms. The first-order chi connectivity index (χ1) is 9.34. The van der Waals surface area contributed by atoms with Gasteiger partial charge in [-0.25, -0.2) is 0 Å². The molecule has 0 amide bonds. The van der Waals surface area contributed by atoms with Crippen LogP contribution in [0, 0.1) is 6.92 Å². The number of ether oxygens (including phenoxy) is 1. The predicted molar refractivity (Wildman–Crippen MR) is 70.7 cm³/mol. The van der Waals surface area contributed by atoms with Gasteiger partial charge in [0.15, 0.2) is 6.10 Å². The van der Waals surface area contributed by atoms with Crippen LogP contribution in [0.15, 0.2) is 18.2 Å². The number of aryl methyl sites for hydroxylation is 1. The van der Waals surface area contributed by atoms with Crippen LogP contribution in [0.5, 0.6) is 5.75 Å². The molecule has 0 heterocycles. The second-order valence-electron chi connectivity index (χ2n) is 4.66. The van der Waals surface area contributed by atoms with E-state index in [4.69, 9.17) is 9.84 Å². The number of benzene rings is 1. The molecule has 0 aliphatic heterocycles. The van der Waals surface area contributed by atoms with Crippen LogP contribution in [-0.2, 0) is 6.54 Å². The first kappa shape index (κ1) is 16.8. The molecule has 2 N–H and O–H groups in total. The zero-order valence-corrected chi connectivity index (χ0v) is 11.6. The molecule has 1 unspecified atom stereocenters. The second-order valence-corrected chi connectivity index (χ2v) is 4.66. The molecular weight excluding hydrogens is 271 g/mol. The Morgan fingerprint density at radius 2 is 2.05 bits per heavy atom. The van der Waals surface area contributed by atoms with E-state index in [9.17, 15) is 13.2 Å². The number of nitrogens with one attached hydrogen (secondary N) is 1. The molecule has 0 radical (unpaired) electrons. The predicted octanol–water partition coefficient (Wildman–Crippen LogP) is 2.80. The molecule has 0 aliphatic carbocycles. The third-order valence-electron chi connectivity index (χ3n) is 2.73. The van der Waals surface area contributed by atoms with Crippen molar-refractivity contribution in [3.05, 3.63) is 29.3 Å². The van der Waals surface area contributed by atoms with Gasteiger partial charge in [0.05, 0.1) is 0 Å². The number of aliphatic hydroxyl groups excluding tert-OH is 1. The number of hydrogen-bond acceptors (Lipinski definition) is 3. The smallest absolute Gasteiger partial charge is 0.417 e. The van der Waals surface area contributed by atoms with E-state index in [1.165, 1.54) is 0 Å². The Kier molecular flexibility index (Phi) is 6.29. The van der Waals surface area contributed by atoms with E-state index in [1.54, 1.807) is 12.1 Å². The lowest BCUT2D eigenvalue weighted by Gasteiger charge is -2.17. The highest BCUT2D eigenvalue weighted by molar-refractivity contribution is 5.36. The van der Waals surface area contributed by atoms with Gasteiger partial charge in [-0.3, -0.25) is 0 Å². The molecule has 0 fully saturated rings. The molecular formula is C14H20F3NO2. The largest absolute Gasteiger partial charge is 0.490 e. The number of aliphatic hydroxyl groups is 1. The maximum Gasteiger partial charge on any atom is 0.417 e. The zero-order valence-electron chi connectivity index (χ0n) is 11.6. The molecule has 0 aliphatic rings. The van der Waals surface area contributed by atoms with Crippen LogP contribution in [-0.4, -0.2) is 30.5 Å². The summed E-state index contributed by atoms with van der Waals surface area (Å²) in [7, 11) is 0. The van der Waals surface area contributed by atoms with Gasteiger partial charge in [0.25, 0.3) is 0 Å². The summed E-state index contributed by atoms with van der Waals surface area (Å²) in [6.45, 7) is 4.47. The van der Waals surface area contributed by atoms with Crippen LogP contribution in [0.4, 0.5) is 13.2 Å². The van der Waals surface area contributed by atoms with Gasteiger partial charge in [0.2, 0.25) is 0 Å². The first-order valence-electron chi connectivity index (χ1n) is 6.52. The minimum absolute atomic E-state index is 0.363. The van der Waals surface area contributed by atoms with Crippen molar-refractivity contribution in [1.29, 1.82) is 0 Å². The van der Waals surface area contributed by atoms with E-state index >= 15 is 0 Å². The van der Waals surface area contributed by atoms with Gasteiger partial charge in [-0.05, 0) is 26.0 Å². The molecule has 0 saturated heterocycles. The van der Waals surface area contributed by atoms with Crippen molar-refractivity contribution in [2.24, 2.45) is 0 Å². The van der Waals surface area contributed by atoms with Crippen molar-refractivity contribution in [3.63, 3.8) is 0 Å². The Hall–Kier alpha value is -1.27. The van der Waals surface area contributed by atoms with Gasteiger partial charge >= 0.3 is 6.18 Å². The normalized spacial score (nSPS) is 13.3. The highest BCUT2D eigenvalue weighted by atomic mass is 19.4. The summed E-state index contributed by atoms with van der Waals surface area (Å²) in [6.07, 6.45) is -6.17. The molecule has 1 atom stereocenters. The second kappa shape index (κ2) is 7.50. The van der Waals surface area contributed by atoms with Crippen LogP contribution in [0.1, 0.15) is 24.5 Å². The summed E-state index contributed by atoms with van der Waals surface area (Å²) >= 11 is 0. The van der Waals surface area contributed by atoms with Crippen molar-refractivity contribution < 1.29 is 23.0 Å². The maximum absolute atomic E-state index is 12.2. The highest BCUT2D eigenvalue weighted by Crippen LogP contribution is 2.24. The maximum atomic E-state index is 12.2. The zero-order chi connectivity index (χ0) is 15.2. The van der Waals surface area contributed by atoms with Gasteiger partial charge in [0, 0.05) is 12.1 Å². The molecule has 1 rings (SSSR count). The van der Waals surface area contributed by atoms with Crippen molar-refractivity contribution in [2.75, 3.05) is 13.2 Å². The summed E-state index contributed by atoms with van der Waals surface area (Å²) in [6, 6.07) is 5.25. The number of alkyl halides is 3. The average molecular weight is 291 g/mol. The monoisotopic (exact) mass is 291 g/mol. The van der Waals surface area contributed by atoms with Crippen molar-refractivity contribution in [2.45, 2.75) is 39.1 Å². The van der Waals surface area contributed by atoms with Crippen LogP contribution in [0.25, 0.3) is 0 Å². The molecule has 3 nitrogen and oxygen atoms in total. The van der Waals surface area contributed by atoms with Gasteiger partial charge in [-0.15, -0.1) is 0 Å². The van der Waals surface area contributed by atoms with E-state index in [2.05, 4.69) is 5.32 Å². The van der Waals surface area contributed by atoms with Crippen LogP contribution < -0.4 is 10.1 Å². The molecule has 1 aromatic carbocycles. The highest BCUT2D eigenvalue weighted by Gasteiger charge is 2.38. The topological polar surface area (TPSA) is 41.5 Å². The Bertz CT molecular complexity index is 421. The standard InChI is InChI=1S/C14H20F3NO2/c1-3-6-18-8-11-7-10(2)4-5-12(11)20-9-13(19)14(15,16)17/h4-5,7,13,18-19H,3,6,8-9H2,1-2H3. The minimum atomic E-state index is -4.66. The lowest BCUT2D eigenvalue weighted by molar-refractivity contribution is -0.210. The quantitative estimate of drug-likeness (QED) is 0.759. The van der Waals surface area contributed by atoms with E-state index < -0.39 is 18.9 Å². The third-order valence-corrected chi connectivity index (χ3v) is 2.73. The van der Waals surface area contributed by atoms with Gasteiger partial charge < -0.3 is 15.2 Å². The first-order valence-corrected chi connectivity index (χ1v) is 6.52. The lowest BCUT2D eigenvalue weighted by Crippen LogP contribution is -2.34. The Balaban J connectivity index is 2.68. The summed E-state index contributed by atoms with van der Waals surface area (Å²) in [5, 5.41) is 12.1. The van der Waals surface area contributed by atoms with Crippen LogP contribution in [0.2, 0.25) is 0 Å². The van der Waals surface area contributed by atoms with E-state index in [0.717, 1.165) is 24.1 Å². The Morgan fingerprint density at radius 3 is 2.65 bits per heavy atom. The van der Waals surface area contributed by atoms with Crippen molar-refractivity contribution >= 4 is 0 Å². The van der Waals surface area contributed by atoms with E-state index in [-0.39, 0.29) is 0 Å². The van der Waals surface area contributed by atoms with E-state index in [1.807, 2.05) is 19.9 Å². The fourth-order valence-corrected chi connectivity index (χ4v) is 1.65. The summed E-state index contributed by atoms with van der Waals surface area (Å²) < 4.78 is 41.8. The van der Waals surface area contributed by atoms with Gasteiger partial charge in [-0.1, -0.05) is 24.6 Å². The summed E-state index contributed by atoms with van der Waals surface area (Å²) in [5.41, 5.74) is 1.79. The van der Waals surface area contributed by atoms with E-state index in [0.29, 0.717) is 12.3 Å². The van der Waals surface area contributed by atoms with Crippen LogP contribution >= 0.6 is 0 Å². The molecule has 0 bridgehead atoms. The van der Waals surface area contributed by atoms with Gasteiger partial charge in [0.1, 0.15) is 12.4 Å². The lowest BCUT2D eigenvalue weighted by atomic mass is 10.1. The fraction of sp³-hybridized carbons (Fsp3) is 0.571. The Morgan fingerprint density at radius 1 is 1.35 bits per heavy atom. The van der Waals surface area contributed by atoms with Crippen molar-refractivity contribution in [3.8, 4) is 5.75 Å². The van der Waals surface area contributed by atoms with Crippen molar-refractivity contribution in [1.82, 2.24) is 5.32 Å². The molecule has 114 valence electrons. The summed E-state index contributed by atoms with van der Waals surface area (Å²) in [5.74, 6) is 0.363. The molecule has 6 heteroatoms. The molecule has 0 aromatic heterocycles. The molecule has 1 aromatic rings. The fourth-order valence-electron chi connectivity index (χ4n) is 1.65. The SMILES string of the molecule is CCCNCc1cc(C)ccc1OCC(O)C(F)(F)F. The van der Waals surface area contributed by atoms with Crippen LogP contribution in [0.3, 0.4) is 0 Å². The molecule has 0 saturated carbocycles. The van der Waals surface area contributed by atoms with Gasteiger partial charge in [-0.2, -0.15) is 13.2 Å². The Labute approximate surface area is 116 Å². The molecule has 0 spiro atoms. The summed E-state index contributed by atoms with van der Waals surface area (Å²) in [4.78, 5) is 0. The number of halogens is 3. The number of hydrogen-bond donors (Lipinski definition) is 2.